The van der Waals surface area contributed by atoms with E-state index in [4.69, 9.17) is 10.00 Å². The zero-order chi connectivity index (χ0) is 10.0. The van der Waals surface area contributed by atoms with Crippen LogP contribution in [0.5, 0.6) is 0 Å². The Morgan fingerprint density at radius 3 is 2.71 bits per heavy atom. The van der Waals surface area contributed by atoms with Crippen LogP contribution in [0.15, 0.2) is 12.2 Å². The molecule has 3 heteroatoms. The van der Waals surface area contributed by atoms with Crippen molar-refractivity contribution in [2.75, 3.05) is 26.3 Å². The molecule has 0 bridgehead atoms. The van der Waals surface area contributed by atoms with Crippen LogP contribution < -0.4 is 0 Å². The molecule has 0 radical (unpaired) electrons. The molecule has 2 fully saturated rings. The van der Waals surface area contributed by atoms with E-state index in [1.807, 2.05) is 6.08 Å². The Balaban J connectivity index is 1.84. The molecule has 0 N–H and O–H groups in total. The van der Waals surface area contributed by atoms with Crippen molar-refractivity contribution in [2.24, 2.45) is 5.41 Å². The van der Waals surface area contributed by atoms with E-state index in [-0.39, 0.29) is 0 Å². The lowest BCUT2D eigenvalue weighted by Gasteiger charge is -2.57. The topological polar surface area (TPSA) is 36.3 Å². The number of nitriles is 1. The first kappa shape index (κ1) is 9.70. The van der Waals surface area contributed by atoms with Gasteiger partial charge in [0.15, 0.2) is 0 Å². The molecule has 0 saturated carbocycles. The molecule has 3 nitrogen and oxygen atoms in total. The molecule has 1 spiro atoms. The fourth-order valence-corrected chi connectivity index (χ4v) is 2.29. The van der Waals surface area contributed by atoms with Gasteiger partial charge in [-0.05, 0) is 6.42 Å². The van der Waals surface area contributed by atoms with Gasteiger partial charge in [-0.15, -0.1) is 0 Å². The van der Waals surface area contributed by atoms with Crippen LogP contribution in [0.2, 0.25) is 0 Å². The van der Waals surface area contributed by atoms with Crippen LogP contribution in [0.4, 0.5) is 0 Å². The third-order valence-electron chi connectivity index (χ3n) is 3.17. The fourth-order valence-electron chi connectivity index (χ4n) is 2.29. The van der Waals surface area contributed by atoms with Crippen molar-refractivity contribution in [1.29, 1.82) is 5.26 Å². The van der Waals surface area contributed by atoms with Gasteiger partial charge in [0.25, 0.3) is 0 Å². The van der Waals surface area contributed by atoms with Crippen molar-refractivity contribution in [1.82, 2.24) is 4.90 Å². The van der Waals surface area contributed by atoms with Crippen molar-refractivity contribution in [3.63, 3.8) is 0 Å². The molecule has 76 valence electrons. The molecule has 0 amide bonds. The van der Waals surface area contributed by atoms with Gasteiger partial charge < -0.3 is 4.74 Å². The zero-order valence-corrected chi connectivity index (χ0v) is 8.57. The first-order valence-corrected chi connectivity index (χ1v) is 5.18. The van der Waals surface area contributed by atoms with Crippen molar-refractivity contribution in [3.05, 3.63) is 12.2 Å². The largest absolute Gasteiger partial charge is 0.380 e. The van der Waals surface area contributed by atoms with Gasteiger partial charge in [-0.1, -0.05) is 13.0 Å². The number of nitrogens with zero attached hydrogens (tertiary/aromatic N) is 2. The number of ether oxygens (including phenoxy) is 1. The third kappa shape index (κ3) is 1.56. The van der Waals surface area contributed by atoms with Gasteiger partial charge in [-0.3, -0.25) is 4.90 Å². The van der Waals surface area contributed by atoms with Crippen LogP contribution in [-0.4, -0.2) is 37.2 Å². The summed E-state index contributed by atoms with van der Waals surface area (Å²) in [6, 6.07) is 2.50. The fraction of sp³-hybridized carbons (Fsp3) is 0.727. The molecule has 1 unspecified atom stereocenters. The lowest BCUT2D eigenvalue weighted by atomic mass is 9.77. The number of rotatable bonds is 3. The van der Waals surface area contributed by atoms with E-state index in [1.54, 1.807) is 6.08 Å². The molecule has 0 aromatic carbocycles. The van der Waals surface area contributed by atoms with E-state index in [0.29, 0.717) is 11.5 Å². The average molecular weight is 192 g/mol. The SMILES string of the molecule is CCC(C=CC#N)N1CC2(COC2)C1. The smallest absolute Gasteiger partial charge is 0.0909 e. The maximum Gasteiger partial charge on any atom is 0.0909 e. The molecule has 2 heterocycles. The van der Waals surface area contributed by atoms with Gasteiger partial charge >= 0.3 is 0 Å². The highest BCUT2D eigenvalue weighted by molar-refractivity contribution is 5.10. The second-order valence-electron chi connectivity index (χ2n) is 4.36. The van der Waals surface area contributed by atoms with E-state index in [2.05, 4.69) is 17.9 Å². The summed E-state index contributed by atoms with van der Waals surface area (Å²) in [6.07, 6.45) is 4.68. The van der Waals surface area contributed by atoms with Gasteiger partial charge in [0.1, 0.15) is 0 Å². The Bertz CT molecular complexity index is 268. The summed E-state index contributed by atoms with van der Waals surface area (Å²) in [5.41, 5.74) is 0.480. The third-order valence-corrected chi connectivity index (χ3v) is 3.17. The molecule has 1 atom stereocenters. The normalized spacial score (nSPS) is 26.9. The van der Waals surface area contributed by atoms with Crippen LogP contribution in [0.1, 0.15) is 13.3 Å². The second kappa shape index (κ2) is 3.72. The van der Waals surface area contributed by atoms with Crippen LogP contribution in [-0.2, 0) is 4.74 Å². The highest BCUT2D eigenvalue weighted by Gasteiger charge is 2.49. The summed E-state index contributed by atoms with van der Waals surface area (Å²) in [4.78, 5) is 2.43. The van der Waals surface area contributed by atoms with E-state index < -0.39 is 0 Å². The number of likely N-dealkylation sites (tertiary alicyclic amines) is 1. The van der Waals surface area contributed by atoms with Gasteiger partial charge in [-0.25, -0.2) is 0 Å². The number of allylic oxidation sites excluding steroid dienone is 1. The van der Waals surface area contributed by atoms with Crippen molar-refractivity contribution in [3.8, 4) is 6.07 Å². The van der Waals surface area contributed by atoms with E-state index in [9.17, 15) is 0 Å². The molecule has 2 rings (SSSR count). The lowest BCUT2D eigenvalue weighted by Crippen LogP contribution is -2.67. The summed E-state index contributed by atoms with van der Waals surface area (Å²) in [6.45, 7) is 6.31. The van der Waals surface area contributed by atoms with E-state index in [0.717, 1.165) is 32.7 Å². The van der Waals surface area contributed by atoms with Crippen molar-refractivity contribution >= 4 is 0 Å². The van der Waals surface area contributed by atoms with Gasteiger partial charge in [0.05, 0.1) is 19.3 Å². The first-order valence-electron chi connectivity index (χ1n) is 5.18. The summed E-state index contributed by atoms with van der Waals surface area (Å²) in [5, 5.41) is 8.47. The van der Waals surface area contributed by atoms with Crippen molar-refractivity contribution in [2.45, 2.75) is 19.4 Å². The quantitative estimate of drug-likeness (QED) is 0.630. The summed E-state index contributed by atoms with van der Waals surface area (Å²) >= 11 is 0. The highest BCUT2D eigenvalue weighted by Crippen LogP contribution is 2.39. The minimum atomic E-state index is 0.445. The molecule has 0 aromatic rings. The Morgan fingerprint density at radius 1 is 1.57 bits per heavy atom. The van der Waals surface area contributed by atoms with E-state index >= 15 is 0 Å². The molecule has 2 aliphatic rings. The number of hydrogen-bond acceptors (Lipinski definition) is 3. The molecule has 14 heavy (non-hydrogen) atoms. The summed E-state index contributed by atoms with van der Waals surface area (Å²) in [5.74, 6) is 0. The average Bonchev–Trinajstić information content (AvgIpc) is 2.05. The summed E-state index contributed by atoms with van der Waals surface area (Å²) < 4.78 is 5.23. The Kier molecular flexibility index (Phi) is 2.58. The molecular formula is C11H16N2O. The van der Waals surface area contributed by atoms with Gasteiger partial charge in [0, 0.05) is 30.6 Å². The Hall–Kier alpha value is -0.850. The standard InChI is InChI=1S/C11H16N2O/c1-2-10(4-3-5-12)13-6-11(7-13)8-14-9-11/h3-4,10H,2,6-9H2,1H3. The van der Waals surface area contributed by atoms with Crippen molar-refractivity contribution < 1.29 is 4.74 Å². The maximum absolute atomic E-state index is 8.47. The zero-order valence-electron chi connectivity index (χ0n) is 8.57. The van der Waals surface area contributed by atoms with Crippen LogP contribution >= 0.6 is 0 Å². The minimum Gasteiger partial charge on any atom is -0.380 e. The summed E-state index contributed by atoms with van der Waals surface area (Å²) in [7, 11) is 0. The Morgan fingerprint density at radius 2 is 2.29 bits per heavy atom. The molecular weight excluding hydrogens is 176 g/mol. The molecule has 2 saturated heterocycles. The van der Waals surface area contributed by atoms with Crippen LogP contribution in [0.25, 0.3) is 0 Å². The Labute approximate surface area is 85.0 Å². The highest BCUT2D eigenvalue weighted by atomic mass is 16.5. The van der Waals surface area contributed by atoms with Crippen LogP contribution in [0, 0.1) is 16.7 Å². The van der Waals surface area contributed by atoms with E-state index in [1.165, 1.54) is 0 Å². The lowest BCUT2D eigenvalue weighted by molar-refractivity contribution is -0.194. The van der Waals surface area contributed by atoms with Crippen LogP contribution in [0.3, 0.4) is 0 Å². The number of hydrogen-bond donors (Lipinski definition) is 0. The monoisotopic (exact) mass is 192 g/mol. The predicted molar refractivity (Wildman–Crippen MR) is 53.7 cm³/mol. The predicted octanol–water partition coefficient (Wildman–Crippen LogP) is 1.18. The van der Waals surface area contributed by atoms with Gasteiger partial charge in [0.2, 0.25) is 0 Å². The van der Waals surface area contributed by atoms with Gasteiger partial charge in [-0.2, -0.15) is 5.26 Å². The second-order valence-corrected chi connectivity index (χ2v) is 4.36. The minimum absolute atomic E-state index is 0.445. The molecule has 0 aliphatic carbocycles. The maximum atomic E-state index is 8.47. The molecule has 2 aliphatic heterocycles. The molecule has 0 aromatic heterocycles. The first-order chi connectivity index (χ1) is 6.79.